The number of carbonyl (C=O) groups excluding carboxylic acids is 1. The highest BCUT2D eigenvalue weighted by Gasteiger charge is 2.33. The van der Waals surface area contributed by atoms with Gasteiger partial charge in [0.05, 0.1) is 11.9 Å². The van der Waals surface area contributed by atoms with E-state index in [2.05, 4.69) is 46.3 Å². The normalized spacial score (nSPS) is 19.0. The lowest BCUT2D eigenvalue weighted by Gasteiger charge is -2.35. The Bertz CT molecular complexity index is 913. The molecule has 1 aliphatic carbocycles. The van der Waals surface area contributed by atoms with E-state index < -0.39 is 0 Å². The van der Waals surface area contributed by atoms with Crippen LogP contribution in [-0.2, 0) is 0 Å². The van der Waals surface area contributed by atoms with Gasteiger partial charge in [0.25, 0.3) is 5.91 Å². The van der Waals surface area contributed by atoms with Gasteiger partial charge in [-0.3, -0.25) is 9.89 Å². The van der Waals surface area contributed by atoms with E-state index in [1.54, 1.807) is 7.05 Å². The van der Waals surface area contributed by atoms with Gasteiger partial charge in [0, 0.05) is 25.1 Å². The van der Waals surface area contributed by atoms with Crippen molar-refractivity contribution < 1.29 is 4.79 Å². The number of tetrazole rings is 1. The highest BCUT2D eigenvalue weighted by molar-refractivity contribution is 5.97. The Morgan fingerprint density at radius 3 is 2.96 bits per heavy atom. The van der Waals surface area contributed by atoms with E-state index >= 15 is 0 Å². The Hall–Kier alpha value is -3.57. The monoisotopic (exact) mass is 355 g/mol. The second kappa shape index (κ2) is 6.38. The molecule has 0 aromatic carbocycles. The van der Waals surface area contributed by atoms with Crippen molar-refractivity contribution in [2.24, 2.45) is 0 Å². The minimum Gasteiger partial charge on any atom is -0.373 e. The van der Waals surface area contributed by atoms with Crippen LogP contribution in [0, 0.1) is 0 Å². The van der Waals surface area contributed by atoms with Gasteiger partial charge in [-0.25, -0.2) is 4.98 Å². The zero-order chi connectivity index (χ0) is 18.1. The van der Waals surface area contributed by atoms with Crippen molar-refractivity contribution >= 4 is 17.7 Å². The topological polar surface area (TPSA) is 165 Å². The number of amides is 1. The van der Waals surface area contributed by atoms with E-state index in [1.807, 2.05) is 6.07 Å². The molecule has 0 radical (unpaired) electrons. The molecule has 12 nitrogen and oxygen atoms in total. The number of nitrogens with zero attached hydrogens (tertiary/aromatic N) is 7. The lowest BCUT2D eigenvalue weighted by molar-refractivity contribution is 0.0908. The highest BCUT2D eigenvalue weighted by Crippen LogP contribution is 2.37. The average Bonchev–Trinajstić information content (AvgIpc) is 3.27. The number of anilines is 2. The SMILES string of the molecule is CNc1cc(C2CC(NC(=O)c3cn[nH]c3-n3cnnn3)C2)nc(N)n1. The molecule has 26 heavy (non-hydrogen) atoms. The summed E-state index contributed by atoms with van der Waals surface area (Å²) < 4.78 is 1.36. The number of hydrogen-bond acceptors (Lipinski definition) is 9. The highest BCUT2D eigenvalue weighted by atomic mass is 16.1. The van der Waals surface area contributed by atoms with Gasteiger partial charge in [-0.15, -0.1) is 5.10 Å². The fourth-order valence-corrected chi connectivity index (χ4v) is 2.95. The Kier molecular flexibility index (Phi) is 3.91. The van der Waals surface area contributed by atoms with Crippen LogP contribution in [0.15, 0.2) is 18.6 Å². The minimum atomic E-state index is -0.231. The number of nitrogens with one attached hydrogen (secondary N) is 3. The third-order valence-corrected chi connectivity index (χ3v) is 4.35. The van der Waals surface area contributed by atoms with Gasteiger partial charge in [0.2, 0.25) is 5.95 Å². The summed E-state index contributed by atoms with van der Waals surface area (Å²) in [5.41, 5.74) is 6.99. The van der Waals surface area contributed by atoms with Crippen LogP contribution >= 0.6 is 0 Å². The Morgan fingerprint density at radius 2 is 2.23 bits per heavy atom. The summed E-state index contributed by atoms with van der Waals surface area (Å²) in [6.45, 7) is 0. The predicted molar refractivity (Wildman–Crippen MR) is 90.5 cm³/mol. The van der Waals surface area contributed by atoms with Crippen LogP contribution in [-0.4, -0.2) is 59.4 Å². The van der Waals surface area contributed by atoms with Gasteiger partial charge >= 0.3 is 0 Å². The molecule has 4 rings (SSSR count). The molecular weight excluding hydrogens is 338 g/mol. The van der Waals surface area contributed by atoms with Crippen molar-refractivity contribution in [2.75, 3.05) is 18.1 Å². The molecule has 0 atom stereocenters. The summed E-state index contributed by atoms with van der Waals surface area (Å²) in [5, 5.41) is 23.5. The van der Waals surface area contributed by atoms with Crippen LogP contribution in [0.1, 0.15) is 34.8 Å². The molecule has 3 aromatic heterocycles. The lowest BCUT2D eigenvalue weighted by Crippen LogP contribution is -2.43. The van der Waals surface area contributed by atoms with Crippen molar-refractivity contribution in [1.82, 2.24) is 45.7 Å². The van der Waals surface area contributed by atoms with E-state index in [9.17, 15) is 4.79 Å². The molecule has 1 amide bonds. The molecule has 0 unspecified atom stereocenters. The van der Waals surface area contributed by atoms with Crippen molar-refractivity contribution in [1.29, 1.82) is 0 Å². The summed E-state index contributed by atoms with van der Waals surface area (Å²) in [4.78, 5) is 20.9. The Labute approximate surface area is 147 Å². The van der Waals surface area contributed by atoms with Gasteiger partial charge in [-0.1, -0.05) is 0 Å². The van der Waals surface area contributed by atoms with Crippen LogP contribution in [0.3, 0.4) is 0 Å². The van der Waals surface area contributed by atoms with E-state index in [1.165, 1.54) is 17.2 Å². The van der Waals surface area contributed by atoms with Gasteiger partial charge in [0.1, 0.15) is 17.7 Å². The number of H-pyrrole nitrogens is 1. The zero-order valence-electron chi connectivity index (χ0n) is 13.9. The zero-order valence-corrected chi connectivity index (χ0v) is 13.9. The quantitative estimate of drug-likeness (QED) is 0.471. The Morgan fingerprint density at radius 1 is 1.38 bits per heavy atom. The van der Waals surface area contributed by atoms with Gasteiger partial charge < -0.3 is 16.4 Å². The predicted octanol–water partition coefficient (Wildman–Crippen LogP) is -0.525. The minimum absolute atomic E-state index is 0.0540. The molecule has 0 saturated heterocycles. The Balaban J connectivity index is 1.40. The standard InChI is InChI=1S/C14H17N11O/c1-16-11-4-10(20-14(15)21-11)7-2-8(3-7)19-13(26)9-5-17-22-12(9)25-6-18-23-24-25/h4-8H,2-3H2,1H3,(H,17,22)(H,19,26)(H3,15,16,20,21). The fraction of sp³-hybridized carbons (Fsp3) is 0.357. The van der Waals surface area contributed by atoms with E-state index in [4.69, 9.17) is 5.73 Å². The summed E-state index contributed by atoms with van der Waals surface area (Å²) in [7, 11) is 1.78. The molecule has 3 heterocycles. The molecule has 3 aromatic rings. The number of carbonyl (C=O) groups is 1. The first-order valence-corrected chi connectivity index (χ1v) is 8.04. The largest absolute Gasteiger partial charge is 0.373 e. The molecule has 0 spiro atoms. The average molecular weight is 355 g/mol. The maximum absolute atomic E-state index is 12.5. The van der Waals surface area contributed by atoms with E-state index in [0.29, 0.717) is 17.2 Å². The van der Waals surface area contributed by atoms with Gasteiger partial charge in [-0.05, 0) is 23.3 Å². The number of aromatic nitrogens is 8. The van der Waals surface area contributed by atoms with E-state index in [0.717, 1.165) is 18.5 Å². The maximum Gasteiger partial charge on any atom is 0.256 e. The second-order valence-electron chi connectivity index (χ2n) is 6.01. The number of rotatable bonds is 5. The molecule has 0 bridgehead atoms. The molecule has 1 aliphatic rings. The van der Waals surface area contributed by atoms with Crippen LogP contribution in [0.4, 0.5) is 11.8 Å². The van der Waals surface area contributed by atoms with Gasteiger partial charge in [0.15, 0.2) is 5.82 Å². The van der Waals surface area contributed by atoms with Crippen molar-refractivity contribution in [3.05, 3.63) is 29.8 Å². The van der Waals surface area contributed by atoms with Crippen molar-refractivity contribution in [2.45, 2.75) is 24.8 Å². The third-order valence-electron chi connectivity index (χ3n) is 4.35. The first-order chi connectivity index (χ1) is 12.6. The fourth-order valence-electron chi connectivity index (χ4n) is 2.95. The molecule has 134 valence electrons. The number of nitrogen functional groups attached to an aromatic ring is 1. The summed E-state index contributed by atoms with van der Waals surface area (Å²) in [6.07, 6.45) is 4.40. The summed E-state index contributed by atoms with van der Waals surface area (Å²) in [6, 6.07) is 1.93. The molecule has 5 N–H and O–H groups in total. The first-order valence-electron chi connectivity index (χ1n) is 8.04. The molecule has 1 saturated carbocycles. The number of aromatic amines is 1. The third kappa shape index (κ3) is 2.92. The molecule has 12 heteroatoms. The summed E-state index contributed by atoms with van der Waals surface area (Å²) in [5.74, 6) is 1.35. The molecular formula is C14H17N11O. The maximum atomic E-state index is 12.5. The van der Waals surface area contributed by atoms with Crippen LogP contribution in [0.25, 0.3) is 5.82 Å². The van der Waals surface area contributed by atoms with Crippen LogP contribution < -0.4 is 16.4 Å². The van der Waals surface area contributed by atoms with E-state index in [-0.39, 0.29) is 23.8 Å². The first kappa shape index (κ1) is 15.9. The van der Waals surface area contributed by atoms with Crippen molar-refractivity contribution in [3.63, 3.8) is 0 Å². The lowest BCUT2D eigenvalue weighted by atomic mass is 9.78. The van der Waals surface area contributed by atoms with Crippen LogP contribution in [0.5, 0.6) is 0 Å². The smallest absolute Gasteiger partial charge is 0.256 e. The van der Waals surface area contributed by atoms with Crippen molar-refractivity contribution in [3.8, 4) is 5.82 Å². The second-order valence-corrected chi connectivity index (χ2v) is 6.01. The molecule has 1 fully saturated rings. The van der Waals surface area contributed by atoms with Crippen LogP contribution in [0.2, 0.25) is 0 Å². The number of nitrogens with two attached hydrogens (primary N) is 1. The molecule has 0 aliphatic heterocycles. The van der Waals surface area contributed by atoms with Gasteiger partial charge in [-0.2, -0.15) is 14.8 Å². The number of hydrogen-bond donors (Lipinski definition) is 4. The summed E-state index contributed by atoms with van der Waals surface area (Å²) >= 11 is 0.